The minimum atomic E-state index is -2.68. The van der Waals surface area contributed by atoms with E-state index in [1.165, 1.54) is 0 Å². The Labute approximate surface area is 137 Å². The molecule has 24 heavy (non-hydrogen) atoms. The lowest BCUT2D eigenvalue weighted by atomic mass is 10.1. The van der Waals surface area contributed by atoms with Gasteiger partial charge in [-0.1, -0.05) is 0 Å². The van der Waals surface area contributed by atoms with Gasteiger partial charge in [0.1, 0.15) is 5.75 Å². The largest absolute Gasteiger partial charge is 0.494 e. The molecule has 4 nitrogen and oxygen atoms in total. The van der Waals surface area contributed by atoms with E-state index >= 15 is 0 Å². The molecule has 0 amide bonds. The van der Waals surface area contributed by atoms with Crippen molar-refractivity contribution in [2.24, 2.45) is 7.05 Å². The number of aryl methyl sites for hydroxylation is 1. The molecule has 1 aromatic carbocycles. The highest BCUT2D eigenvalue weighted by Crippen LogP contribution is 2.26. The van der Waals surface area contributed by atoms with E-state index < -0.39 is 5.92 Å². The number of pyridine rings is 2. The third kappa shape index (κ3) is 3.22. The Hall–Kier alpha value is -2.50. The summed E-state index contributed by atoms with van der Waals surface area (Å²) in [7, 11) is 1.69. The number of alkyl halides is 2. The second-order valence-electron chi connectivity index (χ2n) is 5.99. The standard InChI is InChI=1S/C18H18F2N2O2/c1-18(19,20)7-3-9-24-12-4-5-14-13-6-8-21-11-15(13)17(23)22(2)16(14)10-12/h4-6,8,10-11H,3,7,9H2,1-2H3. The Balaban J connectivity index is 1.93. The Bertz CT molecular complexity index is 945. The van der Waals surface area contributed by atoms with E-state index in [4.69, 9.17) is 4.74 Å². The van der Waals surface area contributed by atoms with Crippen LogP contribution in [0.15, 0.2) is 41.5 Å². The summed E-state index contributed by atoms with van der Waals surface area (Å²) in [6, 6.07) is 7.24. The smallest absolute Gasteiger partial charge is 0.260 e. The third-order valence-corrected chi connectivity index (χ3v) is 4.01. The SMILES string of the molecule is Cn1c(=O)c2cnccc2c2ccc(OCCCC(C)(F)F)cc21. The van der Waals surface area contributed by atoms with Crippen molar-refractivity contribution in [1.29, 1.82) is 0 Å². The quantitative estimate of drug-likeness (QED) is 0.526. The van der Waals surface area contributed by atoms with Crippen LogP contribution in [0.5, 0.6) is 5.75 Å². The molecule has 3 rings (SSSR count). The molecule has 2 aromatic heterocycles. The molecule has 0 spiro atoms. The molecule has 0 atom stereocenters. The molecule has 0 fully saturated rings. The van der Waals surface area contributed by atoms with E-state index in [0.29, 0.717) is 11.1 Å². The first-order valence-corrected chi connectivity index (χ1v) is 7.74. The summed E-state index contributed by atoms with van der Waals surface area (Å²) < 4.78 is 32.7. The van der Waals surface area contributed by atoms with Crippen molar-refractivity contribution in [1.82, 2.24) is 9.55 Å². The van der Waals surface area contributed by atoms with Crippen LogP contribution < -0.4 is 10.3 Å². The number of rotatable bonds is 5. The van der Waals surface area contributed by atoms with Crippen molar-refractivity contribution < 1.29 is 13.5 Å². The van der Waals surface area contributed by atoms with Gasteiger partial charge in [0.15, 0.2) is 0 Å². The number of halogens is 2. The minimum Gasteiger partial charge on any atom is -0.494 e. The Morgan fingerprint density at radius 1 is 1.21 bits per heavy atom. The van der Waals surface area contributed by atoms with Gasteiger partial charge >= 0.3 is 0 Å². The minimum absolute atomic E-state index is 0.131. The van der Waals surface area contributed by atoms with E-state index in [-0.39, 0.29) is 25.0 Å². The number of hydrogen-bond acceptors (Lipinski definition) is 3. The van der Waals surface area contributed by atoms with Crippen LogP contribution in [0.3, 0.4) is 0 Å². The van der Waals surface area contributed by atoms with Gasteiger partial charge in [-0.2, -0.15) is 0 Å². The molecule has 3 aromatic rings. The van der Waals surface area contributed by atoms with Crippen molar-refractivity contribution in [2.45, 2.75) is 25.7 Å². The van der Waals surface area contributed by atoms with E-state index in [1.54, 1.807) is 36.1 Å². The Kier molecular flexibility index (Phi) is 4.22. The number of aromatic nitrogens is 2. The molecule has 0 saturated carbocycles. The van der Waals surface area contributed by atoms with Crippen LogP contribution in [0, 0.1) is 0 Å². The van der Waals surface area contributed by atoms with Gasteiger partial charge in [-0.05, 0) is 36.9 Å². The van der Waals surface area contributed by atoms with Crippen LogP contribution in [0.1, 0.15) is 19.8 Å². The van der Waals surface area contributed by atoms with E-state index in [0.717, 1.165) is 23.2 Å². The first-order valence-electron chi connectivity index (χ1n) is 7.74. The number of benzene rings is 1. The van der Waals surface area contributed by atoms with Gasteiger partial charge < -0.3 is 9.30 Å². The molecule has 0 aliphatic rings. The summed E-state index contributed by atoms with van der Waals surface area (Å²) >= 11 is 0. The molecular formula is C18H18F2N2O2. The highest BCUT2D eigenvalue weighted by atomic mass is 19.3. The highest BCUT2D eigenvalue weighted by molar-refractivity contribution is 6.05. The zero-order valence-electron chi connectivity index (χ0n) is 13.6. The number of hydrogen-bond donors (Lipinski definition) is 0. The van der Waals surface area contributed by atoms with E-state index in [2.05, 4.69) is 4.98 Å². The van der Waals surface area contributed by atoms with E-state index in [1.807, 2.05) is 12.1 Å². The van der Waals surface area contributed by atoms with Crippen molar-refractivity contribution >= 4 is 21.7 Å². The zero-order chi connectivity index (χ0) is 17.3. The first kappa shape index (κ1) is 16.4. The Morgan fingerprint density at radius 2 is 2.00 bits per heavy atom. The van der Waals surface area contributed by atoms with Crippen LogP contribution in [-0.2, 0) is 7.05 Å². The average molecular weight is 332 g/mol. The van der Waals surface area contributed by atoms with Gasteiger partial charge in [0, 0.05) is 37.3 Å². The third-order valence-electron chi connectivity index (χ3n) is 4.01. The fraction of sp³-hybridized carbons (Fsp3) is 0.333. The molecule has 0 aliphatic heterocycles. The fourth-order valence-corrected chi connectivity index (χ4v) is 2.77. The number of nitrogens with zero attached hydrogens (tertiary/aromatic N) is 2. The molecule has 6 heteroatoms. The van der Waals surface area contributed by atoms with Crippen molar-refractivity contribution in [2.75, 3.05) is 6.61 Å². The van der Waals surface area contributed by atoms with Crippen LogP contribution in [-0.4, -0.2) is 22.1 Å². The summed E-state index contributed by atoms with van der Waals surface area (Å²) in [6.07, 6.45) is 3.27. The lowest BCUT2D eigenvalue weighted by Crippen LogP contribution is -2.17. The van der Waals surface area contributed by atoms with Crippen LogP contribution in [0.2, 0.25) is 0 Å². The summed E-state index contributed by atoms with van der Waals surface area (Å²) in [4.78, 5) is 16.4. The van der Waals surface area contributed by atoms with Gasteiger partial charge in [-0.15, -0.1) is 0 Å². The Morgan fingerprint density at radius 3 is 2.75 bits per heavy atom. The van der Waals surface area contributed by atoms with E-state index in [9.17, 15) is 13.6 Å². The van der Waals surface area contributed by atoms with Gasteiger partial charge in [0.25, 0.3) is 5.56 Å². The highest BCUT2D eigenvalue weighted by Gasteiger charge is 2.19. The fourth-order valence-electron chi connectivity index (χ4n) is 2.77. The second kappa shape index (κ2) is 6.19. The molecule has 2 heterocycles. The zero-order valence-corrected chi connectivity index (χ0v) is 13.6. The van der Waals surface area contributed by atoms with Crippen LogP contribution in [0.4, 0.5) is 8.78 Å². The molecule has 0 N–H and O–H groups in total. The molecule has 0 radical (unpaired) electrons. The molecule has 126 valence electrons. The summed E-state index contributed by atoms with van der Waals surface area (Å²) in [5, 5.41) is 2.31. The van der Waals surface area contributed by atoms with Gasteiger partial charge in [-0.3, -0.25) is 9.78 Å². The maximum absolute atomic E-state index is 12.8. The van der Waals surface area contributed by atoms with Gasteiger partial charge in [0.2, 0.25) is 5.92 Å². The normalized spacial score (nSPS) is 12.0. The lowest BCUT2D eigenvalue weighted by molar-refractivity contribution is 0.00769. The number of fused-ring (bicyclic) bond motifs is 3. The van der Waals surface area contributed by atoms with Crippen molar-refractivity contribution in [3.63, 3.8) is 0 Å². The van der Waals surface area contributed by atoms with Crippen LogP contribution in [0.25, 0.3) is 21.7 Å². The molecule has 0 saturated heterocycles. The average Bonchev–Trinajstić information content (AvgIpc) is 2.56. The first-order chi connectivity index (χ1) is 11.4. The molecule has 0 aliphatic carbocycles. The molecular weight excluding hydrogens is 314 g/mol. The predicted octanol–water partition coefficient (Wildman–Crippen LogP) is 3.90. The van der Waals surface area contributed by atoms with Gasteiger partial charge in [0.05, 0.1) is 17.5 Å². The molecule has 0 bridgehead atoms. The summed E-state index contributed by atoms with van der Waals surface area (Å²) in [6.45, 7) is 1.11. The lowest BCUT2D eigenvalue weighted by Gasteiger charge is -2.13. The second-order valence-corrected chi connectivity index (χ2v) is 5.99. The summed E-state index contributed by atoms with van der Waals surface area (Å²) in [5.74, 6) is -2.12. The molecule has 0 unspecified atom stereocenters. The van der Waals surface area contributed by atoms with Gasteiger partial charge in [-0.25, -0.2) is 8.78 Å². The maximum atomic E-state index is 12.8. The van der Waals surface area contributed by atoms with Crippen LogP contribution >= 0.6 is 0 Å². The van der Waals surface area contributed by atoms with Crippen molar-refractivity contribution in [3.8, 4) is 5.75 Å². The monoisotopic (exact) mass is 332 g/mol. The predicted molar refractivity (Wildman–Crippen MR) is 89.8 cm³/mol. The maximum Gasteiger partial charge on any atom is 0.260 e. The summed E-state index contributed by atoms with van der Waals surface area (Å²) in [5.41, 5.74) is 0.602. The topological polar surface area (TPSA) is 44.1 Å². The van der Waals surface area contributed by atoms with Crippen molar-refractivity contribution in [3.05, 3.63) is 47.0 Å². The number of ether oxygens (including phenoxy) is 1.